The van der Waals surface area contributed by atoms with Gasteiger partial charge in [-0.1, -0.05) is 18.2 Å². The number of carbonyl (C=O) groups is 1. The zero-order valence-corrected chi connectivity index (χ0v) is 11.5. The summed E-state index contributed by atoms with van der Waals surface area (Å²) in [7, 11) is 1.56. The monoisotopic (exact) mass is 269 g/mol. The first-order chi connectivity index (χ1) is 9.06. The third kappa shape index (κ3) is 3.75. The van der Waals surface area contributed by atoms with Crippen molar-refractivity contribution >= 4 is 5.97 Å². The molecule has 1 atom stereocenters. The van der Waals surface area contributed by atoms with Gasteiger partial charge < -0.3 is 9.47 Å². The van der Waals surface area contributed by atoms with Crippen LogP contribution in [-0.2, 0) is 19.8 Å². The maximum absolute atomic E-state index is 13.9. The molecule has 0 aliphatic rings. The van der Waals surface area contributed by atoms with Crippen LogP contribution in [0.2, 0.25) is 0 Å². The van der Waals surface area contributed by atoms with Crippen molar-refractivity contribution in [3.8, 4) is 0 Å². The van der Waals surface area contributed by atoms with E-state index in [0.717, 1.165) is 0 Å². The van der Waals surface area contributed by atoms with E-state index in [1.165, 1.54) is 6.07 Å². The van der Waals surface area contributed by atoms with Crippen LogP contribution in [0.5, 0.6) is 0 Å². The minimum atomic E-state index is -1.22. The Morgan fingerprint density at radius 1 is 1.42 bits per heavy atom. The number of nitrogens with one attached hydrogen (secondary N) is 1. The summed E-state index contributed by atoms with van der Waals surface area (Å²) in [4.78, 5) is 12.1. The van der Waals surface area contributed by atoms with Gasteiger partial charge in [0.05, 0.1) is 13.2 Å². The molecule has 0 fully saturated rings. The molecule has 0 aromatic heterocycles. The Bertz CT molecular complexity index is 425. The van der Waals surface area contributed by atoms with Crippen LogP contribution in [0.25, 0.3) is 0 Å². The molecule has 0 aliphatic carbocycles. The van der Waals surface area contributed by atoms with Gasteiger partial charge in [0.2, 0.25) is 0 Å². The van der Waals surface area contributed by atoms with Gasteiger partial charge >= 0.3 is 5.97 Å². The Hall–Kier alpha value is -1.46. The van der Waals surface area contributed by atoms with E-state index in [0.29, 0.717) is 13.2 Å². The number of methoxy groups -OCH3 is 1. The molecular formula is C14H20FNO3. The predicted octanol–water partition coefficient (Wildman–Crippen LogP) is 1.84. The molecule has 0 spiro atoms. The first-order valence-electron chi connectivity index (χ1n) is 6.22. The van der Waals surface area contributed by atoms with Crippen molar-refractivity contribution in [3.05, 3.63) is 35.6 Å². The predicted molar refractivity (Wildman–Crippen MR) is 70.3 cm³/mol. The molecule has 106 valence electrons. The summed E-state index contributed by atoms with van der Waals surface area (Å²) in [5.41, 5.74) is -0.954. The Kier molecular flexibility index (Phi) is 5.92. The summed E-state index contributed by atoms with van der Waals surface area (Å²) in [5, 5.41) is 3.00. The molecule has 1 aromatic rings. The van der Waals surface area contributed by atoms with Crippen LogP contribution in [0.4, 0.5) is 4.39 Å². The topological polar surface area (TPSA) is 47.6 Å². The summed E-state index contributed by atoms with van der Waals surface area (Å²) in [5.74, 6) is -0.945. The lowest BCUT2D eigenvalue weighted by atomic mass is 9.91. The second-order valence-corrected chi connectivity index (χ2v) is 4.24. The van der Waals surface area contributed by atoms with Crippen LogP contribution in [0, 0.1) is 5.82 Å². The van der Waals surface area contributed by atoms with Crippen LogP contribution >= 0.6 is 0 Å². The van der Waals surface area contributed by atoms with E-state index in [4.69, 9.17) is 9.47 Å². The van der Waals surface area contributed by atoms with Crippen molar-refractivity contribution in [1.29, 1.82) is 0 Å². The highest BCUT2D eigenvalue weighted by atomic mass is 19.1. The van der Waals surface area contributed by atoms with Crippen molar-refractivity contribution in [2.45, 2.75) is 19.4 Å². The standard InChI is InChI=1S/C14H20FNO3/c1-4-19-13(17)14(2,16-9-10-18-3)11-7-5-6-8-12(11)15/h5-8,16H,4,9-10H2,1-3H3. The molecule has 19 heavy (non-hydrogen) atoms. The molecule has 0 bridgehead atoms. The second kappa shape index (κ2) is 7.21. The number of rotatable bonds is 7. The zero-order chi connectivity index (χ0) is 14.3. The van der Waals surface area contributed by atoms with E-state index in [1.54, 1.807) is 39.2 Å². The van der Waals surface area contributed by atoms with Crippen LogP contribution in [-0.4, -0.2) is 32.8 Å². The van der Waals surface area contributed by atoms with Crippen LogP contribution in [0.1, 0.15) is 19.4 Å². The largest absolute Gasteiger partial charge is 0.464 e. The fraction of sp³-hybridized carbons (Fsp3) is 0.500. The summed E-state index contributed by atoms with van der Waals surface area (Å²) in [6, 6.07) is 6.17. The fourth-order valence-electron chi connectivity index (χ4n) is 1.82. The van der Waals surface area contributed by atoms with Gasteiger partial charge in [0.25, 0.3) is 0 Å². The maximum atomic E-state index is 13.9. The van der Waals surface area contributed by atoms with Gasteiger partial charge in [-0.2, -0.15) is 0 Å². The van der Waals surface area contributed by atoms with Crippen molar-refractivity contribution in [3.63, 3.8) is 0 Å². The van der Waals surface area contributed by atoms with E-state index in [2.05, 4.69) is 5.32 Å². The Labute approximate surface area is 112 Å². The number of halogens is 1. The van der Waals surface area contributed by atoms with E-state index < -0.39 is 17.3 Å². The van der Waals surface area contributed by atoms with Gasteiger partial charge in [0.15, 0.2) is 0 Å². The highest BCUT2D eigenvalue weighted by Crippen LogP contribution is 2.25. The third-order valence-corrected chi connectivity index (χ3v) is 2.88. The molecule has 0 saturated heterocycles. The average molecular weight is 269 g/mol. The lowest BCUT2D eigenvalue weighted by Crippen LogP contribution is -2.49. The van der Waals surface area contributed by atoms with Gasteiger partial charge in [-0.25, -0.2) is 9.18 Å². The Morgan fingerprint density at radius 3 is 2.68 bits per heavy atom. The molecule has 0 aliphatic heterocycles. The average Bonchev–Trinajstić information content (AvgIpc) is 2.39. The third-order valence-electron chi connectivity index (χ3n) is 2.88. The number of ether oxygens (including phenoxy) is 2. The first-order valence-corrected chi connectivity index (χ1v) is 6.22. The molecule has 4 nitrogen and oxygen atoms in total. The van der Waals surface area contributed by atoms with E-state index in [1.807, 2.05) is 0 Å². The molecule has 1 aromatic carbocycles. The second-order valence-electron chi connectivity index (χ2n) is 4.24. The van der Waals surface area contributed by atoms with Crippen molar-refractivity contribution < 1.29 is 18.7 Å². The van der Waals surface area contributed by atoms with E-state index >= 15 is 0 Å². The molecule has 0 saturated carbocycles. The lowest BCUT2D eigenvalue weighted by molar-refractivity contribution is -0.151. The van der Waals surface area contributed by atoms with Crippen molar-refractivity contribution in [2.24, 2.45) is 0 Å². The normalized spacial score (nSPS) is 13.9. The summed E-state index contributed by atoms with van der Waals surface area (Å²) in [6.07, 6.45) is 0. The molecule has 0 heterocycles. The fourth-order valence-corrected chi connectivity index (χ4v) is 1.82. The van der Waals surface area contributed by atoms with Crippen LogP contribution < -0.4 is 5.32 Å². The minimum Gasteiger partial charge on any atom is -0.464 e. The summed E-state index contributed by atoms with van der Waals surface area (Å²) in [6.45, 7) is 4.41. The van der Waals surface area contributed by atoms with Crippen molar-refractivity contribution in [2.75, 3.05) is 26.9 Å². The molecule has 1 rings (SSSR count). The van der Waals surface area contributed by atoms with Gasteiger partial charge in [-0.3, -0.25) is 5.32 Å². The Balaban J connectivity index is 3.04. The smallest absolute Gasteiger partial charge is 0.330 e. The molecule has 1 N–H and O–H groups in total. The van der Waals surface area contributed by atoms with Gasteiger partial charge in [-0.05, 0) is 19.9 Å². The van der Waals surface area contributed by atoms with Crippen LogP contribution in [0.15, 0.2) is 24.3 Å². The van der Waals surface area contributed by atoms with Crippen LogP contribution in [0.3, 0.4) is 0 Å². The minimum absolute atomic E-state index is 0.245. The Morgan fingerprint density at radius 2 is 2.11 bits per heavy atom. The maximum Gasteiger partial charge on any atom is 0.330 e. The summed E-state index contributed by atoms with van der Waals surface area (Å²) >= 11 is 0. The number of hydrogen-bond acceptors (Lipinski definition) is 4. The van der Waals surface area contributed by atoms with Gasteiger partial charge in [0, 0.05) is 19.2 Å². The molecule has 0 radical (unpaired) electrons. The molecule has 5 heteroatoms. The highest BCUT2D eigenvalue weighted by Gasteiger charge is 2.38. The number of esters is 1. The number of benzene rings is 1. The molecule has 0 amide bonds. The summed E-state index contributed by atoms with van der Waals surface area (Å²) < 4.78 is 23.9. The first kappa shape index (κ1) is 15.6. The molecular weight excluding hydrogens is 249 g/mol. The number of carbonyl (C=O) groups excluding carboxylic acids is 1. The lowest BCUT2D eigenvalue weighted by Gasteiger charge is -2.29. The zero-order valence-electron chi connectivity index (χ0n) is 11.5. The molecule has 1 unspecified atom stereocenters. The van der Waals surface area contributed by atoms with E-state index in [-0.39, 0.29) is 12.2 Å². The van der Waals surface area contributed by atoms with E-state index in [9.17, 15) is 9.18 Å². The number of hydrogen-bond donors (Lipinski definition) is 1. The van der Waals surface area contributed by atoms with Gasteiger partial charge in [0.1, 0.15) is 11.4 Å². The van der Waals surface area contributed by atoms with Gasteiger partial charge in [-0.15, -0.1) is 0 Å². The van der Waals surface area contributed by atoms with Crippen molar-refractivity contribution in [1.82, 2.24) is 5.32 Å². The quantitative estimate of drug-likeness (QED) is 0.606. The SMILES string of the molecule is CCOC(=O)C(C)(NCCOC)c1ccccc1F. The highest BCUT2D eigenvalue weighted by molar-refractivity contribution is 5.82.